The average Bonchev–Trinajstić information content (AvgIpc) is 3.14. The van der Waals surface area contributed by atoms with E-state index in [0.717, 1.165) is 12.8 Å². The van der Waals surface area contributed by atoms with Crippen LogP contribution in [0.15, 0.2) is 0 Å². The highest BCUT2D eigenvalue weighted by Crippen LogP contribution is 2.11. The number of hydrogen-bond acceptors (Lipinski definition) is 16. The first-order valence-corrected chi connectivity index (χ1v) is 22.3. The third kappa shape index (κ3) is 23.1. The molecule has 292 valence electrons. The van der Waals surface area contributed by atoms with Crippen molar-refractivity contribution in [1.29, 1.82) is 0 Å². The molecule has 0 saturated heterocycles. The maximum atomic E-state index is 12.5. The second kappa shape index (κ2) is 31.0. The van der Waals surface area contributed by atoms with Crippen molar-refractivity contribution in [3.63, 3.8) is 0 Å². The minimum Gasteiger partial charge on any atom is -0.354 e. The molecule has 3 N–H and O–H groups in total. The molecule has 53 heavy (non-hydrogen) atoms. The van der Waals surface area contributed by atoms with Crippen molar-refractivity contribution in [2.75, 3.05) is 39.8 Å². The molecule has 2 amide bonds. The number of carbonyl (C=O) groups is 2. The van der Waals surface area contributed by atoms with Crippen LogP contribution < -0.4 is 16.0 Å². The van der Waals surface area contributed by atoms with Crippen LogP contribution in [-0.4, -0.2) is 121 Å². The SMILES string of the molecule is CCCCCCCCCCCC(C)NC(=O)CCNCCN(C)CCC(=O)NCC(=S)C(=S)C(=S)C(=S)C(=S)C(=S)C(=S)C(=S)C(=S)C(=S)C(=S)C=S. The fraction of sp³-hybridized carbons (Fsp3) is 0.600. The molecular formula is C35H48N4O2S12. The van der Waals surface area contributed by atoms with E-state index in [0.29, 0.717) is 32.6 Å². The number of rotatable bonds is 33. The van der Waals surface area contributed by atoms with E-state index in [9.17, 15) is 9.59 Å². The molecule has 1 unspecified atom stereocenters. The minimum atomic E-state index is -0.200. The van der Waals surface area contributed by atoms with Crippen molar-refractivity contribution in [2.24, 2.45) is 0 Å². The Morgan fingerprint density at radius 1 is 0.604 bits per heavy atom. The molecule has 0 aliphatic carbocycles. The highest BCUT2D eigenvalue weighted by molar-refractivity contribution is 8.07. The maximum absolute atomic E-state index is 12.5. The summed E-state index contributed by atoms with van der Waals surface area (Å²) in [4.78, 5) is 27.7. The van der Waals surface area contributed by atoms with Crippen LogP contribution >= 0.6 is 147 Å². The molecule has 6 nitrogen and oxygen atoms in total. The van der Waals surface area contributed by atoms with Gasteiger partial charge in [-0.2, -0.15) is 0 Å². The van der Waals surface area contributed by atoms with Crippen molar-refractivity contribution in [3.8, 4) is 0 Å². The fourth-order valence-corrected chi connectivity index (χ4v) is 7.39. The van der Waals surface area contributed by atoms with Gasteiger partial charge in [0.05, 0.1) is 60.1 Å². The van der Waals surface area contributed by atoms with Crippen molar-refractivity contribution in [3.05, 3.63) is 0 Å². The first-order valence-electron chi connectivity index (χ1n) is 17.4. The molecule has 0 radical (unpaired) electrons. The minimum absolute atomic E-state index is 0.00190. The van der Waals surface area contributed by atoms with Gasteiger partial charge in [-0.05, 0) is 20.4 Å². The van der Waals surface area contributed by atoms with E-state index in [4.69, 9.17) is 147 Å². The Morgan fingerprint density at radius 2 is 1.08 bits per heavy atom. The van der Waals surface area contributed by atoms with E-state index >= 15 is 0 Å². The smallest absolute Gasteiger partial charge is 0.221 e. The molecule has 18 heteroatoms. The molecule has 0 aromatic heterocycles. The molecule has 0 fully saturated rings. The van der Waals surface area contributed by atoms with E-state index in [1.165, 1.54) is 56.7 Å². The lowest BCUT2D eigenvalue weighted by Gasteiger charge is -2.17. The standard InChI is InChI=1S/C35H48N4O2S12/c1-4-5-6-7-8-9-10-11-12-13-22(2)38-26(41)14-16-36-17-19-39(3)18-15-25(40)37-20-23(43)27(45)29(47)31(49)33(51)35(53)34(52)32(50)30(48)28(46)24(44)21-42/h21-22,36H,4-20H2,1-3H3,(H,37,40)(H,38,41). The Morgan fingerprint density at radius 3 is 1.58 bits per heavy atom. The Labute approximate surface area is 380 Å². The summed E-state index contributed by atoms with van der Waals surface area (Å²) in [5, 5.41) is 10.4. The number of thiocarbonyl (C=S) groups is 12. The second-order valence-electron chi connectivity index (χ2n) is 12.3. The lowest BCUT2D eigenvalue weighted by atomic mass is 10.0. The number of likely N-dealkylation sites (N-methyl/N-ethyl adjacent to an activating group) is 1. The van der Waals surface area contributed by atoms with E-state index in [1.54, 1.807) is 0 Å². The number of nitrogens with one attached hydrogen (secondary N) is 3. The number of nitrogens with zero attached hydrogens (tertiary/aromatic N) is 1. The van der Waals surface area contributed by atoms with Crippen LogP contribution in [0.4, 0.5) is 0 Å². The molecule has 0 bridgehead atoms. The Balaban J connectivity index is 4.35. The first-order chi connectivity index (χ1) is 25.0. The molecule has 0 aromatic rings. The van der Waals surface area contributed by atoms with Crippen LogP contribution in [0.3, 0.4) is 0 Å². The van der Waals surface area contributed by atoms with Crippen LogP contribution in [0, 0.1) is 0 Å². The first kappa shape index (κ1) is 52.9. The molecule has 0 aliphatic heterocycles. The van der Waals surface area contributed by atoms with Crippen LogP contribution in [-0.2, 0) is 9.59 Å². The quantitative estimate of drug-likeness (QED) is 0.0441. The zero-order valence-corrected chi connectivity index (χ0v) is 40.1. The molecule has 0 rings (SSSR count). The van der Waals surface area contributed by atoms with Gasteiger partial charge in [0.1, 0.15) is 0 Å². The number of hydrogen-bond donors (Lipinski definition) is 3. The zero-order valence-electron chi connectivity index (χ0n) is 30.3. The Kier molecular flexibility index (Phi) is 31.0. The predicted molar refractivity (Wildman–Crippen MR) is 274 cm³/mol. The summed E-state index contributed by atoms with van der Waals surface area (Å²) in [5.41, 5.74) is 0. The van der Waals surface area contributed by atoms with Gasteiger partial charge in [-0.25, -0.2) is 0 Å². The molecule has 0 saturated carbocycles. The summed E-state index contributed by atoms with van der Waals surface area (Å²) < 4.78 is 0. The van der Waals surface area contributed by atoms with Gasteiger partial charge in [0.15, 0.2) is 0 Å². The van der Waals surface area contributed by atoms with Crippen molar-refractivity contribution < 1.29 is 9.59 Å². The number of unbranched alkanes of at least 4 members (excludes halogenated alkanes) is 8. The van der Waals surface area contributed by atoms with Crippen LogP contribution in [0.5, 0.6) is 0 Å². The van der Waals surface area contributed by atoms with Gasteiger partial charge < -0.3 is 20.9 Å². The summed E-state index contributed by atoms with van der Waals surface area (Å²) in [5.74, 6) is -0.133. The topological polar surface area (TPSA) is 73.5 Å². The summed E-state index contributed by atoms with van der Waals surface area (Å²) in [6.07, 6.45) is 13.4. The summed E-state index contributed by atoms with van der Waals surface area (Å²) >= 11 is 63.7. The third-order valence-corrected chi connectivity index (χ3v) is 13.8. The van der Waals surface area contributed by atoms with Gasteiger partial charge in [0, 0.05) is 50.4 Å². The van der Waals surface area contributed by atoms with Gasteiger partial charge in [-0.15, -0.1) is 0 Å². The monoisotopic (exact) mass is 940 g/mol. The lowest BCUT2D eigenvalue weighted by molar-refractivity contribution is -0.122. The van der Waals surface area contributed by atoms with Gasteiger partial charge >= 0.3 is 0 Å². The molecular weight excluding hydrogens is 893 g/mol. The van der Waals surface area contributed by atoms with E-state index < -0.39 is 0 Å². The highest BCUT2D eigenvalue weighted by atomic mass is 32.1. The third-order valence-electron chi connectivity index (χ3n) is 7.75. The summed E-state index contributed by atoms with van der Waals surface area (Å²) in [7, 11) is 1.93. The largest absolute Gasteiger partial charge is 0.354 e. The zero-order chi connectivity index (χ0) is 40.5. The molecule has 0 aromatic carbocycles. The highest BCUT2D eigenvalue weighted by Gasteiger charge is 2.26. The van der Waals surface area contributed by atoms with Crippen molar-refractivity contribution in [2.45, 2.75) is 96.9 Å². The average molecular weight is 942 g/mol. The summed E-state index contributed by atoms with van der Waals surface area (Å²) in [6, 6.07) is 0.193. The molecule has 1 atom stereocenters. The van der Waals surface area contributed by atoms with Crippen LogP contribution in [0.1, 0.15) is 90.9 Å². The van der Waals surface area contributed by atoms with Crippen LogP contribution in [0.2, 0.25) is 0 Å². The maximum Gasteiger partial charge on any atom is 0.221 e. The Hall–Kier alpha value is -0.0600. The van der Waals surface area contributed by atoms with Gasteiger partial charge in [-0.3, -0.25) is 9.59 Å². The number of carbonyl (C=O) groups excluding carboxylic acids is 2. The fourth-order valence-electron chi connectivity index (χ4n) is 4.54. The number of amides is 2. The molecule has 0 heterocycles. The van der Waals surface area contributed by atoms with Gasteiger partial charge in [0.25, 0.3) is 0 Å². The normalized spacial score (nSPS) is 11.2. The van der Waals surface area contributed by atoms with E-state index in [2.05, 4.69) is 29.8 Å². The lowest BCUT2D eigenvalue weighted by Crippen LogP contribution is -2.41. The predicted octanol–water partition coefficient (Wildman–Crippen LogP) is 7.90. The molecule has 0 aliphatic rings. The molecule has 0 spiro atoms. The van der Waals surface area contributed by atoms with E-state index in [-0.39, 0.29) is 84.3 Å². The second-order valence-corrected chi connectivity index (χ2v) is 17.1. The van der Waals surface area contributed by atoms with Crippen molar-refractivity contribution >= 4 is 217 Å². The van der Waals surface area contributed by atoms with E-state index in [1.807, 2.05) is 11.9 Å². The van der Waals surface area contributed by atoms with Gasteiger partial charge in [-0.1, -0.05) is 211 Å². The Bertz CT molecular complexity index is 1460. The van der Waals surface area contributed by atoms with Crippen LogP contribution in [0.25, 0.3) is 0 Å². The van der Waals surface area contributed by atoms with Crippen molar-refractivity contribution in [1.82, 2.24) is 20.9 Å². The summed E-state index contributed by atoms with van der Waals surface area (Å²) in [6.45, 7) is 6.86. The van der Waals surface area contributed by atoms with Gasteiger partial charge in [0.2, 0.25) is 11.8 Å².